The van der Waals surface area contributed by atoms with Gasteiger partial charge in [0.05, 0.1) is 5.02 Å². The van der Waals surface area contributed by atoms with Gasteiger partial charge in [0.25, 0.3) is 0 Å². The molecular weight excluding hydrogens is 231 g/mol. The highest BCUT2D eigenvalue weighted by atomic mass is 35.5. The van der Waals surface area contributed by atoms with Gasteiger partial charge in [-0.25, -0.2) is 0 Å². The summed E-state index contributed by atoms with van der Waals surface area (Å²) in [7, 11) is 0. The Bertz CT molecular complexity index is 383. The number of Topliss-reactive ketones (excluding diaryl/α,β-unsaturated/α-hetero) is 1. The van der Waals surface area contributed by atoms with Crippen LogP contribution in [0.1, 0.15) is 36.0 Å². The van der Waals surface area contributed by atoms with Crippen molar-refractivity contribution in [3.63, 3.8) is 0 Å². The molecular formula is C12H12Cl2O. The fraction of sp³-hybridized carbons (Fsp3) is 0.417. The molecule has 1 aromatic carbocycles. The Morgan fingerprint density at radius 3 is 2.60 bits per heavy atom. The zero-order valence-corrected chi connectivity index (χ0v) is 9.81. The average molecular weight is 243 g/mol. The third-order valence-electron chi connectivity index (χ3n) is 2.93. The van der Waals surface area contributed by atoms with E-state index in [1.54, 1.807) is 18.2 Å². The van der Waals surface area contributed by atoms with Crippen molar-refractivity contribution in [3.05, 3.63) is 33.8 Å². The fourth-order valence-corrected chi connectivity index (χ4v) is 2.30. The molecule has 1 aliphatic carbocycles. The number of carbonyl (C=O) groups excluding carboxylic acids is 1. The number of benzene rings is 1. The van der Waals surface area contributed by atoms with E-state index < -0.39 is 0 Å². The van der Waals surface area contributed by atoms with Crippen molar-refractivity contribution in [2.45, 2.75) is 25.7 Å². The molecule has 0 aromatic heterocycles. The Labute approximate surface area is 99.4 Å². The van der Waals surface area contributed by atoms with Crippen LogP contribution in [0.15, 0.2) is 18.2 Å². The van der Waals surface area contributed by atoms with Crippen LogP contribution in [0.3, 0.4) is 0 Å². The standard InChI is InChI=1S/C12H12Cl2O/c13-9-4-5-10(11(14)7-9)12(15)6-8-2-1-3-8/h4-5,7-8H,1-3,6H2. The predicted molar refractivity (Wildman–Crippen MR) is 62.8 cm³/mol. The summed E-state index contributed by atoms with van der Waals surface area (Å²) in [4.78, 5) is 11.9. The molecule has 0 saturated heterocycles. The average Bonchev–Trinajstić information content (AvgIpc) is 2.11. The molecule has 0 aliphatic heterocycles. The summed E-state index contributed by atoms with van der Waals surface area (Å²) in [6.07, 6.45) is 4.24. The molecule has 0 atom stereocenters. The largest absolute Gasteiger partial charge is 0.294 e. The topological polar surface area (TPSA) is 17.1 Å². The van der Waals surface area contributed by atoms with Gasteiger partial charge in [-0.3, -0.25) is 4.79 Å². The van der Waals surface area contributed by atoms with Gasteiger partial charge in [0, 0.05) is 17.0 Å². The molecule has 1 saturated carbocycles. The van der Waals surface area contributed by atoms with Crippen molar-refractivity contribution in [2.75, 3.05) is 0 Å². The highest BCUT2D eigenvalue weighted by molar-refractivity contribution is 6.36. The molecule has 1 aromatic rings. The van der Waals surface area contributed by atoms with Gasteiger partial charge in [-0.1, -0.05) is 42.5 Å². The number of hydrogen-bond acceptors (Lipinski definition) is 1. The maximum atomic E-state index is 11.9. The van der Waals surface area contributed by atoms with E-state index in [1.165, 1.54) is 19.3 Å². The molecule has 0 radical (unpaired) electrons. The summed E-state index contributed by atoms with van der Waals surface area (Å²) in [5.74, 6) is 0.714. The molecule has 1 nitrogen and oxygen atoms in total. The monoisotopic (exact) mass is 242 g/mol. The van der Waals surface area contributed by atoms with Crippen LogP contribution in [0.2, 0.25) is 10.0 Å². The van der Waals surface area contributed by atoms with Crippen molar-refractivity contribution >= 4 is 29.0 Å². The maximum Gasteiger partial charge on any atom is 0.164 e. The predicted octanol–water partition coefficient (Wildman–Crippen LogP) is 4.37. The van der Waals surface area contributed by atoms with Crippen LogP contribution >= 0.6 is 23.2 Å². The lowest BCUT2D eigenvalue weighted by molar-refractivity contribution is 0.0936. The number of ketones is 1. The van der Waals surface area contributed by atoms with Gasteiger partial charge in [-0.15, -0.1) is 0 Å². The lowest BCUT2D eigenvalue weighted by atomic mass is 9.81. The zero-order valence-electron chi connectivity index (χ0n) is 8.30. The third-order valence-corrected chi connectivity index (χ3v) is 3.48. The van der Waals surface area contributed by atoms with Gasteiger partial charge in [-0.2, -0.15) is 0 Å². The van der Waals surface area contributed by atoms with Crippen molar-refractivity contribution in [1.29, 1.82) is 0 Å². The first-order chi connectivity index (χ1) is 7.16. The summed E-state index contributed by atoms with van der Waals surface area (Å²) < 4.78 is 0. The molecule has 0 unspecified atom stereocenters. The van der Waals surface area contributed by atoms with Crippen molar-refractivity contribution in [1.82, 2.24) is 0 Å². The molecule has 0 heterocycles. The van der Waals surface area contributed by atoms with E-state index in [1.807, 2.05) is 0 Å². The second-order valence-corrected chi connectivity index (χ2v) is 4.89. The van der Waals surface area contributed by atoms with E-state index in [0.29, 0.717) is 27.9 Å². The van der Waals surface area contributed by atoms with E-state index in [0.717, 1.165) is 0 Å². The Morgan fingerprint density at radius 1 is 1.33 bits per heavy atom. The minimum Gasteiger partial charge on any atom is -0.294 e. The molecule has 1 fully saturated rings. The summed E-state index contributed by atoms with van der Waals surface area (Å²) in [6, 6.07) is 5.05. The smallest absolute Gasteiger partial charge is 0.164 e. The number of hydrogen-bond donors (Lipinski definition) is 0. The van der Waals surface area contributed by atoms with E-state index in [9.17, 15) is 4.79 Å². The van der Waals surface area contributed by atoms with Crippen LogP contribution in [-0.2, 0) is 0 Å². The summed E-state index contributed by atoms with van der Waals surface area (Å²) in [5.41, 5.74) is 0.605. The zero-order chi connectivity index (χ0) is 10.8. The molecule has 0 N–H and O–H groups in total. The number of halogens is 2. The van der Waals surface area contributed by atoms with Gasteiger partial charge < -0.3 is 0 Å². The molecule has 2 rings (SSSR count). The molecule has 1 aliphatic rings. The summed E-state index contributed by atoms with van der Waals surface area (Å²) >= 11 is 11.7. The highest BCUT2D eigenvalue weighted by Gasteiger charge is 2.22. The van der Waals surface area contributed by atoms with Gasteiger partial charge in [0.1, 0.15) is 0 Å². The first-order valence-corrected chi connectivity index (χ1v) is 5.90. The Balaban J connectivity index is 2.10. The lowest BCUT2D eigenvalue weighted by Crippen LogP contribution is -2.16. The van der Waals surface area contributed by atoms with Gasteiger partial charge in [0.2, 0.25) is 0 Å². The molecule has 15 heavy (non-hydrogen) atoms. The summed E-state index contributed by atoms with van der Waals surface area (Å²) in [5, 5.41) is 1.03. The minimum atomic E-state index is 0.140. The van der Waals surface area contributed by atoms with Crippen LogP contribution in [0.25, 0.3) is 0 Å². The van der Waals surface area contributed by atoms with Crippen molar-refractivity contribution in [3.8, 4) is 0 Å². The van der Waals surface area contributed by atoms with Crippen molar-refractivity contribution < 1.29 is 4.79 Å². The van der Waals surface area contributed by atoms with E-state index in [-0.39, 0.29) is 5.78 Å². The first kappa shape index (κ1) is 11.0. The number of carbonyl (C=O) groups is 1. The van der Waals surface area contributed by atoms with Crippen molar-refractivity contribution in [2.24, 2.45) is 5.92 Å². The second-order valence-electron chi connectivity index (χ2n) is 4.05. The highest BCUT2D eigenvalue weighted by Crippen LogP contribution is 2.32. The Morgan fingerprint density at radius 2 is 2.07 bits per heavy atom. The molecule has 0 amide bonds. The minimum absolute atomic E-state index is 0.140. The molecule has 3 heteroatoms. The van der Waals surface area contributed by atoms with Crippen LogP contribution in [0.5, 0.6) is 0 Å². The van der Waals surface area contributed by atoms with Gasteiger partial charge >= 0.3 is 0 Å². The lowest BCUT2D eigenvalue weighted by Gasteiger charge is -2.24. The van der Waals surface area contributed by atoms with E-state index in [2.05, 4.69) is 0 Å². The van der Waals surface area contributed by atoms with Crippen LogP contribution < -0.4 is 0 Å². The van der Waals surface area contributed by atoms with E-state index in [4.69, 9.17) is 23.2 Å². The quantitative estimate of drug-likeness (QED) is 0.720. The maximum absolute atomic E-state index is 11.9. The SMILES string of the molecule is O=C(CC1CCC1)c1ccc(Cl)cc1Cl. The van der Waals surface area contributed by atoms with Crippen LogP contribution in [0, 0.1) is 5.92 Å². The molecule has 0 spiro atoms. The normalized spacial score (nSPS) is 16.1. The van der Waals surface area contributed by atoms with Crippen LogP contribution in [0.4, 0.5) is 0 Å². The van der Waals surface area contributed by atoms with Gasteiger partial charge in [-0.05, 0) is 24.1 Å². The molecule has 80 valence electrons. The van der Waals surface area contributed by atoms with E-state index >= 15 is 0 Å². The number of rotatable bonds is 3. The Kier molecular flexibility index (Phi) is 3.32. The van der Waals surface area contributed by atoms with Crippen LogP contribution in [-0.4, -0.2) is 5.78 Å². The summed E-state index contributed by atoms with van der Waals surface area (Å²) in [6.45, 7) is 0. The second kappa shape index (κ2) is 4.54. The van der Waals surface area contributed by atoms with Gasteiger partial charge in [0.15, 0.2) is 5.78 Å². The third kappa shape index (κ3) is 2.53. The Hall–Kier alpha value is -0.530. The first-order valence-electron chi connectivity index (χ1n) is 5.15. The fourth-order valence-electron chi connectivity index (χ4n) is 1.78. The molecule has 0 bridgehead atoms.